The zero-order valence-electron chi connectivity index (χ0n) is 28.7. The Hall–Kier alpha value is -3.66. The van der Waals surface area contributed by atoms with Crippen LogP contribution in [0.2, 0.25) is 10.0 Å². The standard InChI is InChI=1S/C40H44Cl2N4O4/c1-49-35-21-27(20-25-14-18-46(24-33(25)35)19-17-40(48)15-5-16-40)29-6-3-7-30(37(29)41)31-8-4-9-32(38(31)42)34-12-10-26(39(45-34)50-2)22-43-23-28-11-13-36(47)44-28/h3-4,6-10,12,20-21,28,43,48H,5,11,13-19,22-24H2,1-2H3,(H,44,47)/t28-/m1/s1. The highest BCUT2D eigenvalue weighted by Crippen LogP contribution is 2.44. The quantitative estimate of drug-likeness (QED) is 0.140. The normalized spacial score (nSPS) is 18.3. The third kappa shape index (κ3) is 7.23. The number of hydrogen-bond acceptors (Lipinski definition) is 7. The van der Waals surface area contributed by atoms with Gasteiger partial charge in [-0.15, -0.1) is 0 Å². The Kier molecular flexibility index (Phi) is 10.4. The summed E-state index contributed by atoms with van der Waals surface area (Å²) in [6, 6.07) is 20.4. The first-order valence-electron chi connectivity index (χ1n) is 17.5. The van der Waals surface area contributed by atoms with Crippen LogP contribution in [0.25, 0.3) is 33.5 Å². The summed E-state index contributed by atoms with van der Waals surface area (Å²) in [5, 5.41) is 18.2. The average Bonchev–Trinajstić information content (AvgIpc) is 3.54. The molecule has 0 bridgehead atoms. The van der Waals surface area contributed by atoms with Crippen molar-refractivity contribution in [3.8, 4) is 45.1 Å². The van der Waals surface area contributed by atoms with E-state index in [0.717, 1.165) is 97.3 Å². The lowest BCUT2D eigenvalue weighted by Crippen LogP contribution is -2.41. The summed E-state index contributed by atoms with van der Waals surface area (Å²) >= 11 is 14.4. The van der Waals surface area contributed by atoms with Crippen LogP contribution in [0.1, 0.15) is 55.2 Å². The van der Waals surface area contributed by atoms with E-state index in [1.165, 1.54) is 11.1 Å². The van der Waals surface area contributed by atoms with Crippen LogP contribution in [0.15, 0.2) is 60.7 Å². The van der Waals surface area contributed by atoms with Gasteiger partial charge < -0.3 is 25.2 Å². The molecule has 3 heterocycles. The van der Waals surface area contributed by atoms with Crippen LogP contribution in [0.3, 0.4) is 0 Å². The molecule has 1 saturated carbocycles. The number of methoxy groups -OCH3 is 2. The van der Waals surface area contributed by atoms with E-state index in [2.05, 4.69) is 27.7 Å². The monoisotopic (exact) mass is 714 g/mol. The minimum Gasteiger partial charge on any atom is -0.496 e. The summed E-state index contributed by atoms with van der Waals surface area (Å²) in [6.07, 6.45) is 6.12. The summed E-state index contributed by atoms with van der Waals surface area (Å²) in [5.41, 5.74) is 7.96. The summed E-state index contributed by atoms with van der Waals surface area (Å²) in [6.45, 7) is 3.90. The Morgan fingerprint density at radius 2 is 1.72 bits per heavy atom. The van der Waals surface area contributed by atoms with Gasteiger partial charge >= 0.3 is 0 Å². The summed E-state index contributed by atoms with van der Waals surface area (Å²) in [4.78, 5) is 18.8. The zero-order valence-corrected chi connectivity index (χ0v) is 30.2. The molecule has 7 rings (SSSR count). The van der Waals surface area contributed by atoms with Crippen molar-refractivity contribution in [2.24, 2.45) is 0 Å². The number of ether oxygens (including phenoxy) is 2. The van der Waals surface area contributed by atoms with E-state index in [9.17, 15) is 9.90 Å². The average molecular weight is 716 g/mol. The van der Waals surface area contributed by atoms with E-state index in [0.29, 0.717) is 41.1 Å². The van der Waals surface area contributed by atoms with Crippen molar-refractivity contribution in [2.75, 3.05) is 33.9 Å². The van der Waals surface area contributed by atoms with Gasteiger partial charge in [-0.1, -0.05) is 71.7 Å². The van der Waals surface area contributed by atoms with E-state index in [4.69, 9.17) is 37.7 Å². The maximum absolute atomic E-state index is 11.5. The maximum Gasteiger partial charge on any atom is 0.220 e. The van der Waals surface area contributed by atoms with Gasteiger partial charge in [0.1, 0.15) is 5.75 Å². The number of benzene rings is 3. The predicted molar refractivity (Wildman–Crippen MR) is 199 cm³/mol. The number of carbonyl (C=O) groups excluding carboxylic acids is 1. The SMILES string of the molecule is COc1cc(-c2cccc(-c3cccc(-c4ccc(CNC[C@H]5CCC(=O)N5)c(OC)n4)c3Cl)c2Cl)cc2c1CN(CCC1(O)CCC1)CC2. The Morgan fingerprint density at radius 3 is 2.40 bits per heavy atom. The van der Waals surface area contributed by atoms with Crippen LogP contribution < -0.4 is 20.1 Å². The molecule has 0 unspecified atom stereocenters. The molecule has 10 heteroatoms. The van der Waals surface area contributed by atoms with Gasteiger partial charge in [0.2, 0.25) is 11.8 Å². The van der Waals surface area contributed by atoms with Gasteiger partial charge in [0.15, 0.2) is 0 Å². The maximum atomic E-state index is 11.5. The van der Waals surface area contributed by atoms with Crippen LogP contribution >= 0.6 is 23.2 Å². The van der Waals surface area contributed by atoms with Crippen LogP contribution in [0.5, 0.6) is 11.6 Å². The molecular weight excluding hydrogens is 671 g/mol. The fourth-order valence-corrected chi connectivity index (χ4v) is 8.12. The number of nitrogens with zero attached hydrogens (tertiary/aromatic N) is 2. The van der Waals surface area contributed by atoms with Crippen molar-refractivity contribution in [1.82, 2.24) is 20.5 Å². The van der Waals surface area contributed by atoms with E-state index < -0.39 is 5.60 Å². The van der Waals surface area contributed by atoms with Crippen molar-refractivity contribution in [1.29, 1.82) is 0 Å². The van der Waals surface area contributed by atoms with E-state index in [-0.39, 0.29) is 11.9 Å². The number of aliphatic hydroxyl groups is 1. The number of pyridine rings is 1. The Morgan fingerprint density at radius 1 is 0.980 bits per heavy atom. The van der Waals surface area contributed by atoms with Crippen LogP contribution in [0.4, 0.5) is 0 Å². The molecule has 1 amide bonds. The van der Waals surface area contributed by atoms with Gasteiger partial charge in [-0.05, 0) is 61.8 Å². The summed E-state index contributed by atoms with van der Waals surface area (Å²) < 4.78 is 11.6. The molecular formula is C40H44Cl2N4O4. The lowest BCUT2D eigenvalue weighted by atomic mass is 9.78. The van der Waals surface area contributed by atoms with Gasteiger partial charge in [-0.3, -0.25) is 9.69 Å². The first-order chi connectivity index (χ1) is 24.2. The van der Waals surface area contributed by atoms with Gasteiger partial charge in [0.05, 0.1) is 35.6 Å². The minimum atomic E-state index is -0.471. The zero-order chi connectivity index (χ0) is 34.8. The van der Waals surface area contributed by atoms with E-state index >= 15 is 0 Å². The molecule has 2 fully saturated rings. The highest BCUT2D eigenvalue weighted by Gasteiger charge is 2.35. The number of hydrogen-bond donors (Lipinski definition) is 3. The van der Waals surface area contributed by atoms with Gasteiger partial charge in [-0.25, -0.2) is 4.98 Å². The van der Waals surface area contributed by atoms with Crippen molar-refractivity contribution in [2.45, 2.75) is 69.7 Å². The largest absolute Gasteiger partial charge is 0.496 e. The highest BCUT2D eigenvalue weighted by atomic mass is 35.5. The number of fused-ring (bicyclic) bond motifs is 1. The third-order valence-electron chi connectivity index (χ3n) is 10.6. The molecule has 262 valence electrons. The summed E-state index contributed by atoms with van der Waals surface area (Å²) in [7, 11) is 3.34. The Balaban J connectivity index is 1.12. The van der Waals surface area contributed by atoms with Crippen LogP contribution in [-0.4, -0.2) is 66.4 Å². The minimum absolute atomic E-state index is 0.107. The smallest absolute Gasteiger partial charge is 0.220 e. The first-order valence-corrected chi connectivity index (χ1v) is 18.3. The number of nitrogens with one attached hydrogen (secondary N) is 2. The molecule has 3 aromatic carbocycles. The lowest BCUT2D eigenvalue weighted by molar-refractivity contribution is -0.119. The fourth-order valence-electron chi connectivity index (χ4n) is 7.46. The molecule has 8 nitrogen and oxygen atoms in total. The van der Waals surface area contributed by atoms with Crippen molar-refractivity contribution >= 4 is 29.1 Å². The molecule has 3 aliphatic rings. The number of rotatable bonds is 12. The molecule has 1 atom stereocenters. The Bertz CT molecular complexity index is 1880. The fraction of sp³-hybridized carbons (Fsp3) is 0.400. The lowest BCUT2D eigenvalue weighted by Gasteiger charge is -2.39. The number of halogens is 2. The van der Waals surface area contributed by atoms with Gasteiger partial charge in [0.25, 0.3) is 0 Å². The van der Waals surface area contributed by atoms with Crippen LogP contribution in [-0.2, 0) is 24.3 Å². The van der Waals surface area contributed by atoms with Crippen molar-refractivity contribution in [3.05, 3.63) is 87.4 Å². The molecule has 3 N–H and O–H groups in total. The molecule has 4 aromatic rings. The van der Waals surface area contributed by atoms with Gasteiger partial charge in [0, 0.05) is 78.6 Å². The van der Waals surface area contributed by atoms with Crippen LogP contribution in [0, 0.1) is 0 Å². The second-order valence-electron chi connectivity index (χ2n) is 13.8. The van der Waals surface area contributed by atoms with Crippen molar-refractivity contribution in [3.63, 3.8) is 0 Å². The third-order valence-corrected chi connectivity index (χ3v) is 11.4. The molecule has 1 aliphatic carbocycles. The predicted octanol–water partition coefficient (Wildman–Crippen LogP) is 7.44. The van der Waals surface area contributed by atoms with E-state index in [1.54, 1.807) is 14.2 Å². The summed E-state index contributed by atoms with van der Waals surface area (Å²) in [5.74, 6) is 1.48. The number of carbonyl (C=O) groups is 1. The first kappa shape index (κ1) is 34.8. The Labute approximate surface area is 304 Å². The molecule has 50 heavy (non-hydrogen) atoms. The number of aromatic nitrogens is 1. The van der Waals surface area contributed by atoms with Crippen molar-refractivity contribution < 1.29 is 19.4 Å². The van der Waals surface area contributed by atoms with E-state index in [1.807, 2.05) is 48.5 Å². The molecule has 2 aliphatic heterocycles. The molecule has 1 aromatic heterocycles. The second-order valence-corrected chi connectivity index (χ2v) is 14.6. The number of amides is 1. The van der Waals surface area contributed by atoms with Gasteiger partial charge in [-0.2, -0.15) is 0 Å². The molecule has 0 spiro atoms. The topological polar surface area (TPSA) is 96.0 Å². The highest BCUT2D eigenvalue weighted by molar-refractivity contribution is 6.39. The molecule has 1 saturated heterocycles. The molecule has 0 radical (unpaired) electrons. The second kappa shape index (κ2) is 14.9.